The van der Waals surface area contributed by atoms with E-state index in [2.05, 4.69) is 12.2 Å². The lowest BCUT2D eigenvalue weighted by molar-refractivity contribution is 0.470. The van der Waals surface area contributed by atoms with E-state index in [1.54, 1.807) is 18.4 Å². The van der Waals surface area contributed by atoms with E-state index in [0.29, 0.717) is 11.8 Å². The molecule has 3 nitrogen and oxygen atoms in total. The highest BCUT2D eigenvalue weighted by molar-refractivity contribution is 5.25. The number of phenolic OH excluding ortho intramolecular Hbond substituents is 1. The largest absolute Gasteiger partial charge is 0.508 e. The summed E-state index contributed by atoms with van der Waals surface area (Å²) >= 11 is 0. The van der Waals surface area contributed by atoms with E-state index in [9.17, 15) is 5.11 Å². The molecular formula is C16H21NO2. The average molecular weight is 259 g/mol. The Kier molecular flexibility index (Phi) is 5.04. The van der Waals surface area contributed by atoms with Crippen LogP contribution in [0.1, 0.15) is 24.7 Å². The molecule has 19 heavy (non-hydrogen) atoms. The fourth-order valence-electron chi connectivity index (χ4n) is 2.04. The minimum atomic E-state index is 0.327. The summed E-state index contributed by atoms with van der Waals surface area (Å²) in [5, 5.41) is 12.7. The molecule has 2 rings (SSSR count). The first-order chi connectivity index (χ1) is 9.24. The molecule has 0 spiro atoms. The minimum Gasteiger partial charge on any atom is -0.508 e. The molecule has 0 bridgehead atoms. The number of hydrogen-bond acceptors (Lipinski definition) is 3. The van der Waals surface area contributed by atoms with E-state index in [1.807, 2.05) is 24.3 Å². The molecule has 1 heterocycles. The fraction of sp³-hybridized carbons (Fsp3) is 0.375. The van der Waals surface area contributed by atoms with Gasteiger partial charge in [-0.1, -0.05) is 12.1 Å². The van der Waals surface area contributed by atoms with Crippen molar-refractivity contribution in [2.75, 3.05) is 6.54 Å². The maximum Gasteiger partial charge on any atom is 0.115 e. The number of furan rings is 1. The highest BCUT2D eigenvalue weighted by Crippen LogP contribution is 2.12. The van der Waals surface area contributed by atoms with E-state index >= 15 is 0 Å². The van der Waals surface area contributed by atoms with E-state index < -0.39 is 0 Å². The van der Waals surface area contributed by atoms with Crippen LogP contribution in [0.15, 0.2) is 47.1 Å². The highest BCUT2D eigenvalue weighted by atomic mass is 16.3. The lowest BCUT2D eigenvalue weighted by Gasteiger charge is -2.13. The number of rotatable bonds is 7. The van der Waals surface area contributed by atoms with Crippen molar-refractivity contribution in [1.82, 2.24) is 5.32 Å². The molecule has 0 saturated heterocycles. The normalized spacial score (nSPS) is 12.5. The quantitative estimate of drug-likeness (QED) is 0.803. The Morgan fingerprint density at radius 1 is 1.16 bits per heavy atom. The molecule has 2 N–H and O–H groups in total. The van der Waals surface area contributed by atoms with Gasteiger partial charge in [0.25, 0.3) is 0 Å². The Hall–Kier alpha value is -1.74. The zero-order valence-corrected chi connectivity index (χ0v) is 11.3. The monoisotopic (exact) mass is 259 g/mol. The maximum absolute atomic E-state index is 9.22. The molecule has 3 heteroatoms. The second-order valence-electron chi connectivity index (χ2n) is 4.89. The Balaban J connectivity index is 1.64. The molecule has 1 unspecified atom stereocenters. The van der Waals surface area contributed by atoms with Crippen LogP contribution in [0.3, 0.4) is 0 Å². The molecule has 2 aromatic rings. The molecule has 102 valence electrons. The summed E-state index contributed by atoms with van der Waals surface area (Å²) in [6, 6.07) is 11.8. The SMILES string of the molecule is CC(CCc1ccc(O)cc1)NCCc1ccco1. The van der Waals surface area contributed by atoms with Crippen molar-refractivity contribution in [3.63, 3.8) is 0 Å². The number of aromatic hydroxyl groups is 1. The van der Waals surface area contributed by atoms with Crippen LogP contribution in [0.4, 0.5) is 0 Å². The molecule has 0 fully saturated rings. The molecular weight excluding hydrogens is 238 g/mol. The smallest absolute Gasteiger partial charge is 0.115 e. The van der Waals surface area contributed by atoms with Gasteiger partial charge in [0.05, 0.1) is 6.26 Å². The van der Waals surface area contributed by atoms with Crippen LogP contribution >= 0.6 is 0 Å². The highest BCUT2D eigenvalue weighted by Gasteiger charge is 2.03. The Bertz CT molecular complexity index is 462. The molecule has 1 aromatic heterocycles. The lowest BCUT2D eigenvalue weighted by atomic mass is 10.1. The zero-order chi connectivity index (χ0) is 13.5. The van der Waals surface area contributed by atoms with Gasteiger partial charge < -0.3 is 14.8 Å². The van der Waals surface area contributed by atoms with E-state index in [1.165, 1.54) is 5.56 Å². The molecule has 0 aliphatic carbocycles. The zero-order valence-electron chi connectivity index (χ0n) is 11.3. The fourth-order valence-corrected chi connectivity index (χ4v) is 2.04. The third-order valence-electron chi connectivity index (χ3n) is 3.25. The van der Waals surface area contributed by atoms with Crippen molar-refractivity contribution in [1.29, 1.82) is 0 Å². The maximum atomic E-state index is 9.22. The summed E-state index contributed by atoms with van der Waals surface area (Å²) in [4.78, 5) is 0. The van der Waals surface area contributed by atoms with Crippen molar-refractivity contribution in [3.8, 4) is 5.75 Å². The molecule has 1 atom stereocenters. The van der Waals surface area contributed by atoms with Gasteiger partial charge in [-0.2, -0.15) is 0 Å². The second kappa shape index (κ2) is 7.00. The first-order valence-corrected chi connectivity index (χ1v) is 6.78. The predicted molar refractivity (Wildman–Crippen MR) is 76.3 cm³/mol. The van der Waals surface area contributed by atoms with Gasteiger partial charge in [-0.3, -0.25) is 0 Å². The summed E-state index contributed by atoms with van der Waals surface area (Å²) in [6.45, 7) is 3.13. The number of nitrogens with one attached hydrogen (secondary N) is 1. The van der Waals surface area contributed by atoms with Crippen LogP contribution in [0.25, 0.3) is 0 Å². The standard InChI is InChI=1S/C16H21NO2/c1-13(17-11-10-16-3-2-12-19-16)4-5-14-6-8-15(18)9-7-14/h2-3,6-9,12-13,17-18H,4-5,10-11H2,1H3. The van der Waals surface area contributed by atoms with E-state index in [4.69, 9.17) is 4.42 Å². The summed E-state index contributed by atoms with van der Waals surface area (Å²) in [7, 11) is 0. The van der Waals surface area contributed by atoms with Crippen molar-refractivity contribution in [2.45, 2.75) is 32.2 Å². The van der Waals surface area contributed by atoms with Gasteiger partial charge in [0.1, 0.15) is 11.5 Å². The Labute approximate surface area is 114 Å². The number of phenols is 1. The van der Waals surface area contributed by atoms with Gasteiger partial charge >= 0.3 is 0 Å². The van der Waals surface area contributed by atoms with Gasteiger partial charge in [0, 0.05) is 19.0 Å². The first kappa shape index (κ1) is 13.7. The van der Waals surface area contributed by atoms with Crippen LogP contribution in [0.2, 0.25) is 0 Å². The summed E-state index contributed by atoms with van der Waals surface area (Å²) < 4.78 is 5.29. The number of hydrogen-bond donors (Lipinski definition) is 2. The van der Waals surface area contributed by atoms with Gasteiger partial charge in [-0.25, -0.2) is 0 Å². The van der Waals surface area contributed by atoms with Crippen molar-refractivity contribution in [2.24, 2.45) is 0 Å². The summed E-state index contributed by atoms with van der Waals surface area (Å²) in [5.41, 5.74) is 1.26. The number of aryl methyl sites for hydroxylation is 1. The average Bonchev–Trinajstić information content (AvgIpc) is 2.91. The second-order valence-corrected chi connectivity index (χ2v) is 4.89. The van der Waals surface area contributed by atoms with Crippen LogP contribution < -0.4 is 5.32 Å². The van der Waals surface area contributed by atoms with Crippen LogP contribution in [0.5, 0.6) is 5.75 Å². The number of benzene rings is 1. The lowest BCUT2D eigenvalue weighted by Crippen LogP contribution is -2.28. The minimum absolute atomic E-state index is 0.327. The van der Waals surface area contributed by atoms with Crippen LogP contribution in [0, 0.1) is 0 Å². The van der Waals surface area contributed by atoms with E-state index in [-0.39, 0.29) is 0 Å². The van der Waals surface area contributed by atoms with Crippen molar-refractivity contribution in [3.05, 3.63) is 54.0 Å². The van der Waals surface area contributed by atoms with Crippen LogP contribution in [-0.2, 0) is 12.8 Å². The Morgan fingerprint density at radius 2 is 1.95 bits per heavy atom. The van der Waals surface area contributed by atoms with Crippen molar-refractivity contribution < 1.29 is 9.52 Å². The molecule has 0 amide bonds. The van der Waals surface area contributed by atoms with Crippen molar-refractivity contribution >= 4 is 0 Å². The van der Waals surface area contributed by atoms with Gasteiger partial charge in [0.15, 0.2) is 0 Å². The summed E-state index contributed by atoms with van der Waals surface area (Å²) in [6.07, 6.45) is 4.75. The third-order valence-corrected chi connectivity index (χ3v) is 3.25. The predicted octanol–water partition coefficient (Wildman–Crippen LogP) is 3.14. The molecule has 1 aromatic carbocycles. The molecule has 0 aliphatic rings. The van der Waals surface area contributed by atoms with E-state index in [0.717, 1.165) is 31.6 Å². The Morgan fingerprint density at radius 3 is 2.63 bits per heavy atom. The first-order valence-electron chi connectivity index (χ1n) is 6.78. The molecule has 0 saturated carbocycles. The summed E-state index contributed by atoms with van der Waals surface area (Å²) in [5.74, 6) is 1.35. The van der Waals surface area contributed by atoms with Gasteiger partial charge in [-0.15, -0.1) is 0 Å². The topological polar surface area (TPSA) is 45.4 Å². The van der Waals surface area contributed by atoms with Gasteiger partial charge in [-0.05, 0) is 49.6 Å². The molecule has 0 aliphatic heterocycles. The third kappa shape index (κ3) is 4.79. The van der Waals surface area contributed by atoms with Crippen LogP contribution in [-0.4, -0.2) is 17.7 Å². The van der Waals surface area contributed by atoms with Gasteiger partial charge in [0.2, 0.25) is 0 Å². The molecule has 0 radical (unpaired) electrons.